The molecule has 0 saturated carbocycles. The van der Waals surface area contributed by atoms with Crippen LogP contribution in [0.5, 0.6) is 11.5 Å². The molecule has 3 heteroatoms. The van der Waals surface area contributed by atoms with Crippen molar-refractivity contribution in [3.8, 4) is 11.5 Å². The van der Waals surface area contributed by atoms with Crippen LogP contribution in [0.15, 0.2) is 18.2 Å². The van der Waals surface area contributed by atoms with Crippen LogP contribution in [0.3, 0.4) is 0 Å². The molecule has 0 bridgehead atoms. The minimum Gasteiger partial charge on any atom is -0.504 e. The van der Waals surface area contributed by atoms with Gasteiger partial charge in [-0.05, 0) is 37.1 Å². The smallest absolute Gasteiger partial charge is 0.157 e. The molecule has 90 valence electrons. The van der Waals surface area contributed by atoms with Gasteiger partial charge in [0.05, 0.1) is 0 Å². The van der Waals surface area contributed by atoms with Crippen LogP contribution in [0.2, 0.25) is 0 Å². The van der Waals surface area contributed by atoms with Gasteiger partial charge in [-0.2, -0.15) is 0 Å². The number of rotatable bonds is 5. The largest absolute Gasteiger partial charge is 0.504 e. The van der Waals surface area contributed by atoms with Gasteiger partial charge in [0.25, 0.3) is 0 Å². The fourth-order valence-corrected chi connectivity index (χ4v) is 1.76. The SMILES string of the molecule is CC(C)CN(C)CCc1ccc(O)c(O)c1. The molecule has 1 aromatic carbocycles. The van der Waals surface area contributed by atoms with Gasteiger partial charge in [0.15, 0.2) is 11.5 Å². The standard InChI is InChI=1S/C13H21NO2/c1-10(2)9-14(3)7-6-11-4-5-12(15)13(16)8-11/h4-5,8,10,15-16H,6-7,9H2,1-3H3. The zero-order chi connectivity index (χ0) is 12.1. The Kier molecular flexibility index (Phi) is 4.62. The number of benzene rings is 1. The number of phenolic OH excluding ortho intramolecular Hbond substituents is 2. The molecule has 3 nitrogen and oxygen atoms in total. The molecule has 0 saturated heterocycles. The highest BCUT2D eigenvalue weighted by atomic mass is 16.3. The number of nitrogens with zero attached hydrogens (tertiary/aromatic N) is 1. The molecule has 0 spiro atoms. The molecule has 0 unspecified atom stereocenters. The summed E-state index contributed by atoms with van der Waals surface area (Å²) in [6.45, 7) is 6.43. The lowest BCUT2D eigenvalue weighted by molar-refractivity contribution is 0.299. The predicted molar refractivity (Wildman–Crippen MR) is 65.8 cm³/mol. The van der Waals surface area contributed by atoms with E-state index in [0.717, 1.165) is 25.1 Å². The first-order valence-electron chi connectivity index (χ1n) is 5.68. The summed E-state index contributed by atoms with van der Waals surface area (Å²) in [7, 11) is 2.10. The van der Waals surface area contributed by atoms with Gasteiger partial charge in [-0.15, -0.1) is 0 Å². The molecule has 0 radical (unpaired) electrons. The summed E-state index contributed by atoms with van der Waals surface area (Å²) in [5.74, 6) is 0.571. The normalized spacial score (nSPS) is 11.3. The molecule has 0 aliphatic carbocycles. The van der Waals surface area contributed by atoms with Crippen LogP contribution in [0.25, 0.3) is 0 Å². The third-order valence-electron chi connectivity index (χ3n) is 2.50. The van der Waals surface area contributed by atoms with Crippen molar-refractivity contribution in [1.82, 2.24) is 4.90 Å². The molecule has 0 atom stereocenters. The monoisotopic (exact) mass is 223 g/mol. The Labute approximate surface area is 97.3 Å². The minimum absolute atomic E-state index is 0.0380. The minimum atomic E-state index is -0.0562. The number of likely N-dealkylation sites (N-methyl/N-ethyl adjacent to an activating group) is 1. The van der Waals surface area contributed by atoms with E-state index in [2.05, 4.69) is 25.8 Å². The zero-order valence-corrected chi connectivity index (χ0v) is 10.3. The van der Waals surface area contributed by atoms with Crippen LogP contribution in [0.4, 0.5) is 0 Å². The van der Waals surface area contributed by atoms with E-state index < -0.39 is 0 Å². The van der Waals surface area contributed by atoms with Gasteiger partial charge in [-0.3, -0.25) is 0 Å². The van der Waals surface area contributed by atoms with Crippen molar-refractivity contribution in [3.05, 3.63) is 23.8 Å². The summed E-state index contributed by atoms with van der Waals surface area (Å²) in [6.07, 6.45) is 0.886. The highest BCUT2D eigenvalue weighted by Gasteiger charge is 2.04. The van der Waals surface area contributed by atoms with Crippen LogP contribution in [0, 0.1) is 5.92 Å². The summed E-state index contributed by atoms with van der Waals surface area (Å²) in [5.41, 5.74) is 1.05. The van der Waals surface area contributed by atoms with E-state index in [-0.39, 0.29) is 11.5 Å². The van der Waals surface area contributed by atoms with Gasteiger partial charge in [0, 0.05) is 13.1 Å². The highest BCUT2D eigenvalue weighted by Crippen LogP contribution is 2.24. The molecule has 0 aliphatic rings. The Bertz CT molecular complexity index is 337. The van der Waals surface area contributed by atoms with Crippen LogP contribution < -0.4 is 0 Å². The van der Waals surface area contributed by atoms with Crippen molar-refractivity contribution in [2.75, 3.05) is 20.1 Å². The van der Waals surface area contributed by atoms with Crippen molar-refractivity contribution in [2.45, 2.75) is 20.3 Å². The van der Waals surface area contributed by atoms with Crippen molar-refractivity contribution >= 4 is 0 Å². The molecule has 0 aromatic heterocycles. The zero-order valence-electron chi connectivity index (χ0n) is 10.3. The Morgan fingerprint density at radius 3 is 2.44 bits per heavy atom. The summed E-state index contributed by atoms with van der Waals surface area (Å²) >= 11 is 0. The van der Waals surface area contributed by atoms with Crippen molar-refractivity contribution in [3.63, 3.8) is 0 Å². The lowest BCUT2D eigenvalue weighted by Gasteiger charge is -2.18. The van der Waals surface area contributed by atoms with Gasteiger partial charge in [-0.1, -0.05) is 19.9 Å². The fraction of sp³-hybridized carbons (Fsp3) is 0.538. The predicted octanol–water partition coefficient (Wildman–Crippen LogP) is 2.23. The van der Waals surface area contributed by atoms with E-state index in [4.69, 9.17) is 0 Å². The second-order valence-corrected chi connectivity index (χ2v) is 4.73. The second kappa shape index (κ2) is 5.75. The maximum Gasteiger partial charge on any atom is 0.157 e. The molecule has 1 rings (SSSR count). The quantitative estimate of drug-likeness (QED) is 0.752. The molecule has 0 aliphatic heterocycles. The van der Waals surface area contributed by atoms with Crippen molar-refractivity contribution in [2.24, 2.45) is 5.92 Å². The van der Waals surface area contributed by atoms with Gasteiger partial charge in [0.2, 0.25) is 0 Å². The molecular weight excluding hydrogens is 202 g/mol. The first kappa shape index (κ1) is 12.8. The highest BCUT2D eigenvalue weighted by molar-refractivity contribution is 5.40. The van der Waals surface area contributed by atoms with E-state index in [1.165, 1.54) is 6.07 Å². The molecule has 0 amide bonds. The first-order valence-corrected chi connectivity index (χ1v) is 5.68. The van der Waals surface area contributed by atoms with Crippen LogP contribution >= 0.6 is 0 Å². The summed E-state index contributed by atoms with van der Waals surface area (Å²) in [4.78, 5) is 2.27. The maximum atomic E-state index is 9.35. The lowest BCUT2D eigenvalue weighted by atomic mass is 10.1. The molecule has 2 N–H and O–H groups in total. The van der Waals surface area contributed by atoms with Gasteiger partial charge in [0.1, 0.15) is 0 Å². The molecular formula is C13H21NO2. The topological polar surface area (TPSA) is 43.7 Å². The first-order chi connectivity index (χ1) is 7.49. The second-order valence-electron chi connectivity index (χ2n) is 4.73. The molecule has 0 fully saturated rings. The Hall–Kier alpha value is -1.22. The Balaban J connectivity index is 2.45. The molecule has 1 aromatic rings. The number of aromatic hydroxyl groups is 2. The van der Waals surface area contributed by atoms with E-state index in [9.17, 15) is 10.2 Å². The average Bonchev–Trinajstić information content (AvgIpc) is 2.19. The fourth-order valence-electron chi connectivity index (χ4n) is 1.76. The van der Waals surface area contributed by atoms with Crippen molar-refractivity contribution < 1.29 is 10.2 Å². The van der Waals surface area contributed by atoms with Gasteiger partial charge >= 0.3 is 0 Å². The van der Waals surface area contributed by atoms with Crippen LogP contribution in [0.1, 0.15) is 19.4 Å². The molecule has 0 heterocycles. The average molecular weight is 223 g/mol. The van der Waals surface area contributed by atoms with E-state index >= 15 is 0 Å². The lowest BCUT2D eigenvalue weighted by Crippen LogP contribution is -2.25. The third-order valence-corrected chi connectivity index (χ3v) is 2.50. The third kappa shape index (κ3) is 4.11. The van der Waals surface area contributed by atoms with Crippen molar-refractivity contribution in [1.29, 1.82) is 0 Å². The summed E-state index contributed by atoms with van der Waals surface area (Å²) < 4.78 is 0. The summed E-state index contributed by atoms with van der Waals surface area (Å²) in [5, 5.41) is 18.5. The number of hydrogen-bond acceptors (Lipinski definition) is 3. The van der Waals surface area contributed by atoms with Crippen LogP contribution in [-0.2, 0) is 6.42 Å². The number of hydrogen-bond donors (Lipinski definition) is 2. The van der Waals surface area contributed by atoms with E-state index in [1.807, 2.05) is 6.07 Å². The van der Waals surface area contributed by atoms with Gasteiger partial charge < -0.3 is 15.1 Å². The maximum absolute atomic E-state index is 9.35. The Morgan fingerprint density at radius 1 is 1.19 bits per heavy atom. The Morgan fingerprint density at radius 2 is 1.88 bits per heavy atom. The van der Waals surface area contributed by atoms with Gasteiger partial charge in [-0.25, -0.2) is 0 Å². The van der Waals surface area contributed by atoms with E-state index in [1.54, 1.807) is 6.07 Å². The molecule has 16 heavy (non-hydrogen) atoms. The number of phenols is 2. The van der Waals surface area contributed by atoms with Crippen LogP contribution in [-0.4, -0.2) is 35.3 Å². The van der Waals surface area contributed by atoms with E-state index in [0.29, 0.717) is 5.92 Å². The summed E-state index contributed by atoms with van der Waals surface area (Å²) in [6, 6.07) is 5.00.